The summed E-state index contributed by atoms with van der Waals surface area (Å²) >= 11 is 0. The number of ketones is 1. The maximum absolute atomic E-state index is 13.1. The summed E-state index contributed by atoms with van der Waals surface area (Å²) < 4.78 is 0. The van der Waals surface area contributed by atoms with Gasteiger partial charge in [-0.15, -0.1) is 0 Å². The maximum atomic E-state index is 13.1. The lowest BCUT2D eigenvalue weighted by Crippen LogP contribution is -2.36. The molecule has 1 heteroatoms. The van der Waals surface area contributed by atoms with E-state index in [-0.39, 0.29) is 10.8 Å². The molecule has 5 atom stereocenters. The van der Waals surface area contributed by atoms with Crippen molar-refractivity contribution in [2.75, 3.05) is 0 Å². The molecule has 0 aliphatic heterocycles. The van der Waals surface area contributed by atoms with E-state index in [4.69, 9.17) is 0 Å². The van der Waals surface area contributed by atoms with Crippen LogP contribution >= 0.6 is 0 Å². The molecule has 1 unspecified atom stereocenters. The van der Waals surface area contributed by atoms with E-state index in [9.17, 15) is 4.79 Å². The molecule has 1 nitrogen and oxygen atoms in total. The van der Waals surface area contributed by atoms with Crippen LogP contribution in [0.4, 0.5) is 0 Å². The highest BCUT2D eigenvalue weighted by Crippen LogP contribution is 2.61. The van der Waals surface area contributed by atoms with E-state index in [0.717, 1.165) is 17.8 Å². The molecule has 0 saturated heterocycles. The number of rotatable bonds is 2. The van der Waals surface area contributed by atoms with Gasteiger partial charge in [0.2, 0.25) is 0 Å². The fourth-order valence-electron chi connectivity index (χ4n) is 6.68. The first-order valence-electron chi connectivity index (χ1n) is 9.07. The van der Waals surface area contributed by atoms with Gasteiger partial charge in [-0.05, 0) is 79.1 Å². The van der Waals surface area contributed by atoms with E-state index in [1.54, 1.807) is 0 Å². The largest absolute Gasteiger partial charge is 0.295 e. The van der Waals surface area contributed by atoms with Gasteiger partial charge in [0.15, 0.2) is 5.78 Å². The van der Waals surface area contributed by atoms with Gasteiger partial charge in [0, 0.05) is 5.92 Å². The lowest BCUT2D eigenvalue weighted by molar-refractivity contribution is -0.123. The topological polar surface area (TPSA) is 17.1 Å². The van der Waals surface area contributed by atoms with Gasteiger partial charge >= 0.3 is 0 Å². The predicted molar refractivity (Wildman–Crippen MR) is 85.8 cm³/mol. The van der Waals surface area contributed by atoms with Crippen molar-refractivity contribution in [1.82, 2.24) is 0 Å². The molecule has 4 aliphatic rings. The molecule has 0 heterocycles. The molecule has 4 rings (SSSR count). The zero-order valence-electron chi connectivity index (χ0n) is 14.1. The summed E-state index contributed by atoms with van der Waals surface area (Å²) in [6.07, 6.45) is 10.1. The highest BCUT2D eigenvalue weighted by atomic mass is 16.1. The lowest BCUT2D eigenvalue weighted by atomic mass is 9.66. The maximum Gasteiger partial charge on any atom is 0.159 e. The zero-order valence-corrected chi connectivity index (χ0v) is 14.1. The molecule has 4 aliphatic carbocycles. The molecule has 4 saturated carbocycles. The molecular formula is C20H30O. The third-order valence-corrected chi connectivity index (χ3v) is 8.04. The minimum atomic E-state index is 0.235. The highest BCUT2D eigenvalue weighted by molar-refractivity contribution is 5.94. The Kier molecular flexibility index (Phi) is 2.83. The van der Waals surface area contributed by atoms with Crippen LogP contribution in [-0.4, -0.2) is 5.78 Å². The molecule has 0 aromatic carbocycles. The minimum absolute atomic E-state index is 0.235. The van der Waals surface area contributed by atoms with Gasteiger partial charge in [0.05, 0.1) is 0 Å². The molecule has 0 aromatic rings. The average Bonchev–Trinajstić information content (AvgIpc) is 3.10. The van der Waals surface area contributed by atoms with Gasteiger partial charge in [0.25, 0.3) is 0 Å². The van der Waals surface area contributed by atoms with Gasteiger partial charge in [-0.25, -0.2) is 0 Å². The molecule has 0 radical (unpaired) electrons. The summed E-state index contributed by atoms with van der Waals surface area (Å²) in [5, 5.41) is 0. The van der Waals surface area contributed by atoms with Crippen LogP contribution in [0.2, 0.25) is 0 Å². The SMILES string of the molecule is CC1(C)/C(=C/C(=O)C2[C@@H]3CC[C@@H](C3)C2(C)C)[C@@H]2CC[C@H]1C2. The van der Waals surface area contributed by atoms with E-state index < -0.39 is 0 Å². The van der Waals surface area contributed by atoms with Crippen molar-refractivity contribution in [1.29, 1.82) is 0 Å². The Morgan fingerprint density at radius 2 is 1.71 bits per heavy atom. The molecule has 4 bridgehead atoms. The van der Waals surface area contributed by atoms with Gasteiger partial charge < -0.3 is 0 Å². The molecule has 0 aromatic heterocycles. The second-order valence-electron chi connectivity index (χ2n) is 9.50. The van der Waals surface area contributed by atoms with E-state index >= 15 is 0 Å². The summed E-state index contributed by atoms with van der Waals surface area (Å²) in [6, 6.07) is 0. The fraction of sp³-hybridized carbons (Fsp3) is 0.850. The van der Waals surface area contributed by atoms with Crippen LogP contribution in [0.5, 0.6) is 0 Å². The van der Waals surface area contributed by atoms with Gasteiger partial charge in [-0.1, -0.05) is 33.3 Å². The van der Waals surface area contributed by atoms with Crippen molar-refractivity contribution in [3.8, 4) is 0 Å². The smallest absolute Gasteiger partial charge is 0.159 e. The number of hydrogen-bond acceptors (Lipinski definition) is 1. The van der Waals surface area contributed by atoms with E-state index in [1.165, 1.54) is 44.1 Å². The van der Waals surface area contributed by atoms with E-state index in [2.05, 4.69) is 33.8 Å². The molecule has 21 heavy (non-hydrogen) atoms. The van der Waals surface area contributed by atoms with Crippen LogP contribution in [0.25, 0.3) is 0 Å². The minimum Gasteiger partial charge on any atom is -0.295 e. The first-order valence-corrected chi connectivity index (χ1v) is 9.07. The summed E-state index contributed by atoms with van der Waals surface area (Å²) in [5.74, 6) is 3.80. The van der Waals surface area contributed by atoms with Crippen LogP contribution in [-0.2, 0) is 4.79 Å². The molecular weight excluding hydrogens is 256 g/mol. The Morgan fingerprint density at radius 1 is 1.00 bits per heavy atom. The first-order chi connectivity index (χ1) is 9.81. The third-order valence-electron chi connectivity index (χ3n) is 8.04. The standard InChI is InChI=1S/C20H30O/c1-19(2)14-7-5-12(9-14)16(19)11-17(21)18-13-6-8-15(10-13)20(18,3)4/h11-15,18H,5-10H2,1-4H3/b16-11+/t12-,13-,14+,15+,18?/m1/s1. The first kappa shape index (κ1) is 14.0. The average molecular weight is 286 g/mol. The van der Waals surface area contributed by atoms with Crippen LogP contribution in [0.1, 0.15) is 66.2 Å². The molecule has 0 spiro atoms. The van der Waals surface area contributed by atoms with Crippen molar-refractivity contribution in [2.45, 2.75) is 66.2 Å². The lowest BCUT2D eigenvalue weighted by Gasteiger charge is -2.38. The Morgan fingerprint density at radius 3 is 2.29 bits per heavy atom. The second kappa shape index (κ2) is 4.24. The molecule has 0 amide bonds. The van der Waals surface area contributed by atoms with Gasteiger partial charge in [0.1, 0.15) is 0 Å². The van der Waals surface area contributed by atoms with Crippen molar-refractivity contribution in [3.63, 3.8) is 0 Å². The normalized spacial score (nSPS) is 47.4. The van der Waals surface area contributed by atoms with E-state index in [1.807, 2.05) is 0 Å². The Labute approximate surface area is 129 Å². The summed E-state index contributed by atoms with van der Waals surface area (Å²) in [4.78, 5) is 13.1. The van der Waals surface area contributed by atoms with Crippen LogP contribution in [0, 0.1) is 40.4 Å². The zero-order chi connectivity index (χ0) is 15.0. The number of carbonyl (C=O) groups is 1. The predicted octanol–water partition coefficient (Wildman–Crippen LogP) is 5.01. The Hall–Kier alpha value is -0.590. The number of carbonyl (C=O) groups excluding carboxylic acids is 1. The molecule has 4 fully saturated rings. The highest BCUT2D eigenvalue weighted by Gasteiger charge is 2.56. The number of hydrogen-bond donors (Lipinski definition) is 0. The summed E-state index contributed by atoms with van der Waals surface area (Å²) in [5.41, 5.74) is 2.02. The van der Waals surface area contributed by atoms with Crippen molar-refractivity contribution in [2.24, 2.45) is 40.4 Å². The quantitative estimate of drug-likeness (QED) is 0.652. The molecule has 0 N–H and O–H groups in total. The summed E-state index contributed by atoms with van der Waals surface area (Å²) in [7, 11) is 0. The Bertz CT molecular complexity index is 510. The van der Waals surface area contributed by atoms with Crippen LogP contribution in [0.3, 0.4) is 0 Å². The van der Waals surface area contributed by atoms with Crippen LogP contribution < -0.4 is 0 Å². The van der Waals surface area contributed by atoms with E-state index in [0.29, 0.717) is 17.6 Å². The summed E-state index contributed by atoms with van der Waals surface area (Å²) in [6.45, 7) is 9.46. The van der Waals surface area contributed by atoms with Crippen LogP contribution in [0.15, 0.2) is 11.6 Å². The monoisotopic (exact) mass is 286 g/mol. The van der Waals surface area contributed by atoms with Crippen molar-refractivity contribution in [3.05, 3.63) is 11.6 Å². The number of allylic oxidation sites excluding steroid dienone is 2. The third kappa shape index (κ3) is 1.79. The van der Waals surface area contributed by atoms with Crippen molar-refractivity contribution < 1.29 is 4.79 Å². The Balaban J connectivity index is 1.63. The molecule has 116 valence electrons. The van der Waals surface area contributed by atoms with Gasteiger partial charge in [-0.3, -0.25) is 4.79 Å². The van der Waals surface area contributed by atoms with Gasteiger partial charge in [-0.2, -0.15) is 0 Å². The van der Waals surface area contributed by atoms with Crippen molar-refractivity contribution >= 4 is 5.78 Å². The fourth-order valence-corrected chi connectivity index (χ4v) is 6.68. The number of fused-ring (bicyclic) bond motifs is 4. The second-order valence-corrected chi connectivity index (χ2v) is 9.50.